The van der Waals surface area contributed by atoms with Crippen LogP contribution in [-0.4, -0.2) is 31.7 Å². The molecule has 0 radical (unpaired) electrons. The molecule has 2 rings (SSSR count). The Balaban J connectivity index is 2.02. The SMILES string of the molecule is CCCNc1ccc(Cl)cc1C(=O)NC1CC(OC)C1. The van der Waals surface area contributed by atoms with Crippen LogP contribution in [0.25, 0.3) is 0 Å². The van der Waals surface area contributed by atoms with Gasteiger partial charge in [0.25, 0.3) is 5.91 Å². The maximum atomic E-state index is 12.3. The highest BCUT2D eigenvalue weighted by atomic mass is 35.5. The number of benzene rings is 1. The van der Waals surface area contributed by atoms with Crippen LogP contribution < -0.4 is 10.6 Å². The van der Waals surface area contributed by atoms with Crippen molar-refractivity contribution in [3.8, 4) is 0 Å². The highest BCUT2D eigenvalue weighted by Gasteiger charge is 2.30. The quantitative estimate of drug-likeness (QED) is 0.848. The average molecular weight is 297 g/mol. The van der Waals surface area contributed by atoms with Crippen LogP contribution in [0, 0.1) is 0 Å². The van der Waals surface area contributed by atoms with Gasteiger partial charge in [-0.25, -0.2) is 0 Å². The highest BCUT2D eigenvalue weighted by molar-refractivity contribution is 6.31. The number of nitrogens with one attached hydrogen (secondary N) is 2. The lowest BCUT2D eigenvalue weighted by Gasteiger charge is -2.34. The number of anilines is 1. The molecule has 1 aliphatic rings. The molecule has 1 aliphatic carbocycles. The molecule has 0 heterocycles. The number of carbonyl (C=O) groups excluding carboxylic acids is 1. The Bertz CT molecular complexity index is 473. The summed E-state index contributed by atoms with van der Waals surface area (Å²) < 4.78 is 5.21. The van der Waals surface area contributed by atoms with E-state index in [9.17, 15) is 4.79 Å². The smallest absolute Gasteiger partial charge is 0.253 e. The Morgan fingerprint density at radius 2 is 2.20 bits per heavy atom. The van der Waals surface area contributed by atoms with E-state index >= 15 is 0 Å². The number of amides is 1. The van der Waals surface area contributed by atoms with Crippen molar-refractivity contribution < 1.29 is 9.53 Å². The standard InChI is InChI=1S/C15H21ClN2O2/c1-3-6-17-14-5-4-10(16)7-13(14)15(19)18-11-8-12(9-11)20-2/h4-5,7,11-12,17H,3,6,8-9H2,1-2H3,(H,18,19). The second-order valence-electron chi connectivity index (χ2n) is 5.12. The first kappa shape index (κ1) is 15.1. The number of carbonyl (C=O) groups is 1. The molecule has 0 spiro atoms. The Morgan fingerprint density at radius 1 is 1.45 bits per heavy atom. The normalized spacial score (nSPS) is 21.1. The summed E-state index contributed by atoms with van der Waals surface area (Å²) in [7, 11) is 1.70. The van der Waals surface area contributed by atoms with Gasteiger partial charge in [-0.3, -0.25) is 4.79 Å². The molecule has 0 bridgehead atoms. The molecule has 110 valence electrons. The molecule has 0 saturated heterocycles. The number of methoxy groups -OCH3 is 1. The lowest BCUT2D eigenvalue weighted by molar-refractivity contribution is 0.0176. The zero-order chi connectivity index (χ0) is 14.5. The molecule has 1 amide bonds. The van der Waals surface area contributed by atoms with Crippen molar-refractivity contribution >= 4 is 23.2 Å². The second kappa shape index (κ2) is 6.95. The minimum Gasteiger partial charge on any atom is -0.384 e. The second-order valence-corrected chi connectivity index (χ2v) is 5.55. The molecule has 0 aliphatic heterocycles. The minimum atomic E-state index is -0.0781. The van der Waals surface area contributed by atoms with Crippen LogP contribution in [0.2, 0.25) is 5.02 Å². The highest BCUT2D eigenvalue weighted by Crippen LogP contribution is 2.25. The van der Waals surface area contributed by atoms with Crippen molar-refractivity contribution in [1.29, 1.82) is 0 Å². The van der Waals surface area contributed by atoms with Gasteiger partial charge in [0.15, 0.2) is 0 Å². The average Bonchev–Trinajstić information content (AvgIpc) is 2.40. The molecule has 1 aromatic carbocycles. The van der Waals surface area contributed by atoms with E-state index in [0.717, 1.165) is 31.5 Å². The summed E-state index contributed by atoms with van der Waals surface area (Å²) in [6.45, 7) is 2.92. The number of hydrogen-bond donors (Lipinski definition) is 2. The van der Waals surface area contributed by atoms with E-state index in [1.165, 1.54) is 0 Å². The summed E-state index contributed by atoms with van der Waals surface area (Å²) >= 11 is 6.00. The lowest BCUT2D eigenvalue weighted by Crippen LogP contribution is -2.47. The van der Waals surface area contributed by atoms with Crippen LogP contribution in [-0.2, 0) is 4.74 Å². The molecule has 4 nitrogen and oxygen atoms in total. The Kier molecular flexibility index (Phi) is 5.26. The predicted octanol–water partition coefficient (Wildman–Crippen LogP) is 3.07. The van der Waals surface area contributed by atoms with Gasteiger partial charge in [-0.1, -0.05) is 18.5 Å². The molecular weight excluding hydrogens is 276 g/mol. The zero-order valence-corrected chi connectivity index (χ0v) is 12.7. The monoisotopic (exact) mass is 296 g/mol. The first-order valence-corrected chi connectivity index (χ1v) is 7.39. The van der Waals surface area contributed by atoms with E-state index in [2.05, 4.69) is 17.6 Å². The molecule has 0 atom stereocenters. The van der Waals surface area contributed by atoms with Crippen LogP contribution >= 0.6 is 11.6 Å². The van der Waals surface area contributed by atoms with E-state index < -0.39 is 0 Å². The molecule has 1 saturated carbocycles. The summed E-state index contributed by atoms with van der Waals surface area (Å²) in [5.74, 6) is -0.0781. The third kappa shape index (κ3) is 3.64. The number of rotatable bonds is 6. The van der Waals surface area contributed by atoms with Crippen LogP contribution in [0.15, 0.2) is 18.2 Å². The Labute approximate surface area is 124 Å². The lowest BCUT2D eigenvalue weighted by atomic mass is 9.89. The summed E-state index contributed by atoms with van der Waals surface area (Å²) in [5, 5.41) is 6.85. The summed E-state index contributed by atoms with van der Waals surface area (Å²) in [5.41, 5.74) is 1.43. The molecule has 20 heavy (non-hydrogen) atoms. The maximum absolute atomic E-state index is 12.3. The molecule has 0 aromatic heterocycles. The fourth-order valence-corrected chi connectivity index (χ4v) is 2.43. The van der Waals surface area contributed by atoms with Crippen molar-refractivity contribution in [1.82, 2.24) is 5.32 Å². The largest absolute Gasteiger partial charge is 0.384 e. The van der Waals surface area contributed by atoms with E-state index in [-0.39, 0.29) is 18.1 Å². The molecular formula is C15H21ClN2O2. The third-order valence-electron chi connectivity index (χ3n) is 3.56. The molecule has 0 unspecified atom stereocenters. The van der Waals surface area contributed by atoms with Gasteiger partial charge in [0.2, 0.25) is 0 Å². The first-order chi connectivity index (χ1) is 9.63. The fraction of sp³-hybridized carbons (Fsp3) is 0.533. The molecule has 1 fully saturated rings. The number of hydrogen-bond acceptors (Lipinski definition) is 3. The summed E-state index contributed by atoms with van der Waals surface area (Å²) in [6.07, 6.45) is 3.03. The topological polar surface area (TPSA) is 50.4 Å². The summed E-state index contributed by atoms with van der Waals surface area (Å²) in [6, 6.07) is 5.55. The van der Waals surface area contributed by atoms with Crippen molar-refractivity contribution in [2.45, 2.75) is 38.3 Å². The Morgan fingerprint density at radius 3 is 2.85 bits per heavy atom. The molecule has 2 N–H and O–H groups in total. The van der Waals surface area contributed by atoms with E-state index in [1.54, 1.807) is 19.2 Å². The third-order valence-corrected chi connectivity index (χ3v) is 3.79. The van der Waals surface area contributed by atoms with Gasteiger partial charge in [0.1, 0.15) is 0 Å². The van der Waals surface area contributed by atoms with Crippen molar-refractivity contribution in [2.24, 2.45) is 0 Å². The van der Waals surface area contributed by atoms with Crippen LogP contribution in [0.4, 0.5) is 5.69 Å². The van der Waals surface area contributed by atoms with Gasteiger partial charge in [-0.15, -0.1) is 0 Å². The van der Waals surface area contributed by atoms with E-state index in [0.29, 0.717) is 10.6 Å². The van der Waals surface area contributed by atoms with E-state index in [1.807, 2.05) is 6.07 Å². The predicted molar refractivity (Wildman–Crippen MR) is 81.5 cm³/mol. The summed E-state index contributed by atoms with van der Waals surface area (Å²) in [4.78, 5) is 12.3. The van der Waals surface area contributed by atoms with Crippen LogP contribution in [0.3, 0.4) is 0 Å². The first-order valence-electron chi connectivity index (χ1n) is 7.01. The van der Waals surface area contributed by atoms with Crippen LogP contribution in [0.5, 0.6) is 0 Å². The minimum absolute atomic E-state index is 0.0781. The Hall–Kier alpha value is -1.26. The number of halogens is 1. The van der Waals surface area contributed by atoms with Crippen molar-refractivity contribution in [3.05, 3.63) is 28.8 Å². The fourth-order valence-electron chi connectivity index (χ4n) is 2.26. The van der Waals surface area contributed by atoms with Crippen LogP contribution in [0.1, 0.15) is 36.5 Å². The molecule has 5 heteroatoms. The van der Waals surface area contributed by atoms with Gasteiger partial charge in [-0.05, 0) is 37.5 Å². The van der Waals surface area contributed by atoms with Gasteiger partial charge in [0.05, 0.1) is 11.7 Å². The zero-order valence-electron chi connectivity index (χ0n) is 11.9. The van der Waals surface area contributed by atoms with Gasteiger partial charge >= 0.3 is 0 Å². The maximum Gasteiger partial charge on any atom is 0.253 e. The van der Waals surface area contributed by atoms with Gasteiger partial charge < -0.3 is 15.4 Å². The van der Waals surface area contributed by atoms with Gasteiger partial charge in [0, 0.05) is 30.4 Å². The van der Waals surface area contributed by atoms with Gasteiger partial charge in [-0.2, -0.15) is 0 Å². The number of ether oxygens (including phenoxy) is 1. The van der Waals surface area contributed by atoms with E-state index in [4.69, 9.17) is 16.3 Å². The van der Waals surface area contributed by atoms with Crippen molar-refractivity contribution in [3.63, 3.8) is 0 Å². The van der Waals surface area contributed by atoms with Crippen molar-refractivity contribution in [2.75, 3.05) is 19.0 Å². The molecule has 1 aromatic rings.